The molecular weight excluding hydrogens is 352 g/mol. The monoisotopic (exact) mass is 372 g/mol. The minimum Gasteiger partial charge on any atom is -0.271 e. The maximum atomic E-state index is 13.1. The number of thiazole rings is 1. The molecule has 2 heterocycles. The number of hydrogen-bond donors (Lipinski definition) is 0. The highest BCUT2D eigenvalue weighted by Crippen LogP contribution is 2.24. The number of hydrogen-bond acceptors (Lipinski definition) is 3. The third-order valence-corrected chi connectivity index (χ3v) is 6.13. The summed E-state index contributed by atoms with van der Waals surface area (Å²) >= 11 is 1.51. The Hall–Kier alpha value is -2.05. The van der Waals surface area contributed by atoms with Crippen LogP contribution in [0.2, 0.25) is 0 Å². The molecule has 0 bridgehead atoms. The van der Waals surface area contributed by atoms with Crippen molar-refractivity contribution in [3.8, 4) is 11.1 Å². The fourth-order valence-electron chi connectivity index (χ4n) is 2.48. The van der Waals surface area contributed by atoms with Gasteiger partial charge in [0.05, 0.1) is 10.3 Å². The molecular formula is C19H20N2O2S2. The predicted octanol–water partition coefficient (Wildman–Crippen LogP) is 4.22. The number of fused-ring (bicyclic) bond motifs is 1. The summed E-state index contributed by atoms with van der Waals surface area (Å²) in [6, 6.07) is 11.5. The first-order valence-electron chi connectivity index (χ1n) is 7.94. The Morgan fingerprint density at radius 3 is 2.52 bits per heavy atom. The summed E-state index contributed by atoms with van der Waals surface area (Å²) in [5.74, 6) is 0. The zero-order valence-corrected chi connectivity index (χ0v) is 16.3. The quantitative estimate of drug-likeness (QED) is 0.647. The molecule has 1 aromatic carbocycles. The van der Waals surface area contributed by atoms with E-state index in [0.29, 0.717) is 11.1 Å². The lowest BCUT2D eigenvalue weighted by molar-refractivity contribution is 0.651. The average molecular weight is 373 g/mol. The van der Waals surface area contributed by atoms with Gasteiger partial charge in [-0.1, -0.05) is 30.3 Å². The molecule has 4 nitrogen and oxygen atoms in total. The Balaban J connectivity index is 2.25. The van der Waals surface area contributed by atoms with Crippen LogP contribution in [0.5, 0.6) is 0 Å². The molecule has 0 radical (unpaired) electrons. The first-order valence-corrected chi connectivity index (χ1v) is 9.93. The highest BCUT2D eigenvalue weighted by Gasteiger charge is 2.19. The van der Waals surface area contributed by atoms with E-state index >= 15 is 0 Å². The summed E-state index contributed by atoms with van der Waals surface area (Å²) in [5.41, 5.74) is 2.93. The van der Waals surface area contributed by atoms with Gasteiger partial charge in [-0.25, -0.2) is 4.21 Å². The van der Waals surface area contributed by atoms with Gasteiger partial charge in [0.15, 0.2) is 0 Å². The van der Waals surface area contributed by atoms with Crippen LogP contribution < -0.4 is 5.56 Å². The van der Waals surface area contributed by atoms with Crippen LogP contribution in [-0.2, 0) is 11.0 Å². The minimum absolute atomic E-state index is 0.0783. The Morgan fingerprint density at radius 2 is 1.88 bits per heavy atom. The molecule has 6 heteroatoms. The van der Waals surface area contributed by atoms with Crippen molar-refractivity contribution >= 4 is 33.4 Å². The van der Waals surface area contributed by atoms with Crippen molar-refractivity contribution in [2.75, 3.05) is 0 Å². The number of aryl methyl sites for hydroxylation is 1. The van der Waals surface area contributed by atoms with E-state index in [-0.39, 0.29) is 5.56 Å². The lowest BCUT2D eigenvalue weighted by Gasteiger charge is -2.13. The second-order valence-corrected chi connectivity index (χ2v) is 9.62. The van der Waals surface area contributed by atoms with Crippen LogP contribution >= 0.6 is 11.3 Å². The largest absolute Gasteiger partial charge is 0.271 e. The summed E-state index contributed by atoms with van der Waals surface area (Å²) in [7, 11) is -1.37. The topological polar surface area (TPSA) is 50.9 Å². The van der Waals surface area contributed by atoms with Crippen molar-refractivity contribution in [1.29, 1.82) is 0 Å². The van der Waals surface area contributed by atoms with Gasteiger partial charge in [0.2, 0.25) is 0 Å². The van der Waals surface area contributed by atoms with Crippen LogP contribution in [0.4, 0.5) is 0 Å². The number of rotatable bonds is 3. The molecule has 0 saturated heterocycles. The number of benzene rings is 1. The molecule has 0 amide bonds. The third kappa shape index (κ3) is 3.50. The number of aromatic nitrogens is 1. The van der Waals surface area contributed by atoms with Crippen molar-refractivity contribution in [2.24, 2.45) is 4.40 Å². The van der Waals surface area contributed by atoms with E-state index in [1.54, 1.807) is 10.6 Å². The highest BCUT2D eigenvalue weighted by atomic mass is 32.2. The second-order valence-electron chi connectivity index (χ2n) is 6.79. The van der Waals surface area contributed by atoms with Crippen LogP contribution in [0.1, 0.15) is 32.0 Å². The van der Waals surface area contributed by atoms with E-state index < -0.39 is 15.7 Å². The normalized spacial score (nSPS) is 13.6. The van der Waals surface area contributed by atoms with Gasteiger partial charge in [-0.2, -0.15) is 4.40 Å². The molecule has 2 aromatic heterocycles. The maximum absolute atomic E-state index is 13.1. The molecule has 25 heavy (non-hydrogen) atoms. The molecule has 0 saturated carbocycles. The molecule has 0 N–H and O–H groups in total. The van der Waals surface area contributed by atoms with Crippen LogP contribution in [0.25, 0.3) is 16.0 Å². The van der Waals surface area contributed by atoms with E-state index in [2.05, 4.69) is 4.40 Å². The zero-order valence-electron chi connectivity index (χ0n) is 14.6. The van der Waals surface area contributed by atoms with Gasteiger partial charge in [0, 0.05) is 22.9 Å². The van der Waals surface area contributed by atoms with Crippen molar-refractivity contribution in [2.45, 2.75) is 32.4 Å². The Kier molecular flexibility index (Phi) is 4.75. The Bertz CT molecular complexity index is 1030. The third-order valence-electron chi connectivity index (χ3n) is 3.78. The molecule has 3 rings (SSSR count). The van der Waals surface area contributed by atoms with E-state index in [1.165, 1.54) is 11.3 Å². The predicted molar refractivity (Wildman–Crippen MR) is 107 cm³/mol. The van der Waals surface area contributed by atoms with Crippen LogP contribution in [0.15, 0.2) is 51.0 Å². The fraction of sp³-hybridized carbons (Fsp3) is 0.263. The van der Waals surface area contributed by atoms with Gasteiger partial charge in [0.1, 0.15) is 15.8 Å². The summed E-state index contributed by atoms with van der Waals surface area (Å²) in [4.78, 5) is 14.0. The van der Waals surface area contributed by atoms with Gasteiger partial charge < -0.3 is 0 Å². The second kappa shape index (κ2) is 6.69. The van der Waals surface area contributed by atoms with Crippen LogP contribution in [-0.4, -0.2) is 19.6 Å². The van der Waals surface area contributed by atoms with Gasteiger partial charge in [-0.15, -0.1) is 11.3 Å². The standard InChI is InChI=1S/C19H20N2O2S2/c1-13-12-24-16-10-15(11-20-25(23)19(2,3)4)17(18(22)21(13)16)14-8-6-5-7-9-14/h5-12H,1-4H3. The summed E-state index contributed by atoms with van der Waals surface area (Å²) < 4.78 is 17.8. The number of nitrogens with zero attached hydrogens (tertiary/aromatic N) is 2. The van der Waals surface area contributed by atoms with Crippen LogP contribution in [0, 0.1) is 6.92 Å². The first-order chi connectivity index (χ1) is 11.8. The number of pyridine rings is 1. The SMILES string of the molecule is Cc1csc2cc(C=NS(=O)C(C)(C)C)c(-c3ccccc3)c(=O)n12. The zero-order chi connectivity index (χ0) is 18.2. The van der Waals surface area contributed by atoms with E-state index in [1.807, 2.05) is 69.5 Å². The van der Waals surface area contributed by atoms with Crippen molar-refractivity contribution < 1.29 is 4.21 Å². The van der Waals surface area contributed by atoms with Crippen molar-refractivity contribution in [3.63, 3.8) is 0 Å². The van der Waals surface area contributed by atoms with Crippen LogP contribution in [0.3, 0.4) is 0 Å². The summed E-state index contributed by atoms with van der Waals surface area (Å²) in [6.45, 7) is 7.54. The fourth-order valence-corrected chi connectivity index (χ4v) is 3.93. The lowest BCUT2D eigenvalue weighted by Crippen LogP contribution is -2.20. The summed E-state index contributed by atoms with van der Waals surface area (Å²) in [5, 5.41) is 1.96. The van der Waals surface area contributed by atoms with Gasteiger partial charge >= 0.3 is 0 Å². The highest BCUT2D eigenvalue weighted by molar-refractivity contribution is 7.85. The molecule has 1 unspecified atom stereocenters. The van der Waals surface area contributed by atoms with Gasteiger partial charge in [-0.05, 0) is 39.3 Å². The Morgan fingerprint density at radius 1 is 1.20 bits per heavy atom. The van der Waals surface area contributed by atoms with E-state index in [4.69, 9.17) is 0 Å². The molecule has 0 aliphatic carbocycles. The smallest absolute Gasteiger partial charge is 0.264 e. The average Bonchev–Trinajstić information content (AvgIpc) is 2.94. The lowest BCUT2D eigenvalue weighted by atomic mass is 10.0. The molecule has 0 aliphatic heterocycles. The molecule has 130 valence electrons. The Labute approximate surface area is 153 Å². The minimum atomic E-state index is -1.37. The molecule has 3 aromatic rings. The van der Waals surface area contributed by atoms with Gasteiger partial charge in [-0.3, -0.25) is 9.20 Å². The molecule has 0 spiro atoms. The van der Waals surface area contributed by atoms with Crippen molar-refractivity contribution in [1.82, 2.24) is 4.40 Å². The van der Waals surface area contributed by atoms with E-state index in [9.17, 15) is 9.00 Å². The summed E-state index contributed by atoms with van der Waals surface area (Å²) in [6.07, 6.45) is 1.57. The van der Waals surface area contributed by atoms with Crippen molar-refractivity contribution in [3.05, 3.63) is 63.4 Å². The molecule has 0 aliphatic rings. The van der Waals surface area contributed by atoms with Gasteiger partial charge in [0.25, 0.3) is 5.56 Å². The first kappa shape index (κ1) is 17.8. The molecule has 0 fully saturated rings. The van der Waals surface area contributed by atoms with E-state index in [0.717, 1.165) is 16.1 Å². The maximum Gasteiger partial charge on any atom is 0.264 e. The molecule has 1 atom stereocenters.